The molecule has 2 heterocycles. The van der Waals surface area contributed by atoms with Crippen LogP contribution in [0.15, 0.2) is 36.4 Å². The lowest BCUT2D eigenvalue weighted by Crippen LogP contribution is -2.37. The summed E-state index contributed by atoms with van der Waals surface area (Å²) in [7, 11) is 0. The lowest BCUT2D eigenvalue weighted by molar-refractivity contribution is 0.112. The fourth-order valence-corrected chi connectivity index (χ4v) is 3.96. The van der Waals surface area contributed by atoms with Crippen LogP contribution in [0.2, 0.25) is 0 Å². The molecule has 1 aliphatic rings. The van der Waals surface area contributed by atoms with Gasteiger partial charge in [-0.2, -0.15) is 9.65 Å². The molecular weight excluding hydrogens is 371 g/mol. The highest BCUT2D eigenvalue weighted by Crippen LogP contribution is 2.34. The van der Waals surface area contributed by atoms with E-state index in [2.05, 4.69) is 20.9 Å². The lowest BCUT2D eigenvalue weighted by atomic mass is 10.1. The van der Waals surface area contributed by atoms with Crippen molar-refractivity contribution in [2.24, 2.45) is 0 Å². The van der Waals surface area contributed by atoms with Crippen LogP contribution in [0.25, 0.3) is 10.9 Å². The van der Waals surface area contributed by atoms with Gasteiger partial charge < -0.3 is 14.6 Å². The second-order valence-electron chi connectivity index (χ2n) is 7.51. The molecule has 0 saturated carbocycles. The fourth-order valence-electron chi connectivity index (χ4n) is 3.96. The lowest BCUT2D eigenvalue weighted by Gasteiger charge is -2.16. The molecule has 29 heavy (non-hydrogen) atoms. The van der Waals surface area contributed by atoms with Crippen LogP contribution in [0.5, 0.6) is 0 Å². The van der Waals surface area contributed by atoms with Gasteiger partial charge in [-0.3, -0.25) is 0 Å². The number of nitrogens with one attached hydrogen (secondary N) is 1. The predicted molar refractivity (Wildman–Crippen MR) is 106 cm³/mol. The minimum Gasteiger partial charge on any atom is -0.447 e. The summed E-state index contributed by atoms with van der Waals surface area (Å²) in [5, 5.41) is 13.2. The molecule has 148 valence electrons. The number of carbonyl (C=O) groups excluding carboxylic acids is 1. The Hall–Kier alpha value is -3.40. The molecule has 6 nitrogen and oxygen atoms in total. The molecule has 1 aromatic carbocycles. The first-order valence-electron chi connectivity index (χ1n) is 9.57. The Morgan fingerprint density at radius 3 is 2.93 bits per heavy atom. The largest absolute Gasteiger partial charge is 0.447 e. The van der Waals surface area contributed by atoms with E-state index in [-0.39, 0.29) is 12.1 Å². The van der Waals surface area contributed by atoms with Crippen LogP contribution < -0.4 is 5.32 Å². The Morgan fingerprint density at radius 2 is 2.21 bits per heavy atom. The Kier molecular flexibility index (Phi) is 4.93. The number of carbonyl (C=O) groups is 1. The molecule has 4 rings (SSSR count). The molecule has 1 amide bonds. The molecule has 3 aromatic rings. The third-order valence-electron chi connectivity index (χ3n) is 5.06. The zero-order chi connectivity index (χ0) is 20.5. The maximum absolute atomic E-state index is 13.6. The Bertz CT molecular complexity index is 1130. The molecule has 1 N–H and O–H groups in total. The van der Waals surface area contributed by atoms with E-state index < -0.39 is 12.0 Å². The zero-order valence-corrected chi connectivity index (χ0v) is 16.3. The molecule has 0 fully saturated rings. The number of amides is 1. The number of aromatic nitrogens is 2. The molecule has 0 saturated heterocycles. The van der Waals surface area contributed by atoms with Crippen LogP contribution >= 0.6 is 0 Å². The number of alkyl carbamates (subject to hydrolysis) is 1. The molecule has 0 radical (unpaired) electrons. The minimum atomic E-state index is -0.515. The second-order valence-corrected chi connectivity index (χ2v) is 7.51. The number of hydrogen-bond donors (Lipinski definition) is 1. The van der Waals surface area contributed by atoms with Crippen LogP contribution in [-0.4, -0.2) is 27.8 Å². The van der Waals surface area contributed by atoms with Gasteiger partial charge in [-0.15, -0.1) is 0 Å². The molecule has 1 atom stereocenters. The maximum atomic E-state index is 13.6. The van der Waals surface area contributed by atoms with Crippen molar-refractivity contribution >= 4 is 17.0 Å². The first kappa shape index (κ1) is 18.9. The molecule has 0 aliphatic heterocycles. The van der Waals surface area contributed by atoms with E-state index in [1.165, 1.54) is 6.07 Å². The normalized spacial score (nSPS) is 15.3. The highest BCUT2D eigenvalue weighted by atomic mass is 19.1. The summed E-state index contributed by atoms with van der Waals surface area (Å²) >= 11 is 0. The van der Waals surface area contributed by atoms with Crippen LogP contribution in [0.3, 0.4) is 0 Å². The van der Waals surface area contributed by atoms with Gasteiger partial charge in [-0.25, -0.2) is 9.78 Å². The van der Waals surface area contributed by atoms with Crippen molar-refractivity contribution < 1.29 is 13.9 Å². The summed E-state index contributed by atoms with van der Waals surface area (Å²) in [4.78, 5) is 16.0. The Morgan fingerprint density at radius 1 is 1.38 bits per heavy atom. The number of hydrogen-bond acceptors (Lipinski definition) is 4. The van der Waals surface area contributed by atoms with Crippen molar-refractivity contribution in [1.29, 1.82) is 5.26 Å². The van der Waals surface area contributed by atoms with E-state index in [1.54, 1.807) is 32.0 Å². The maximum Gasteiger partial charge on any atom is 0.407 e. The van der Waals surface area contributed by atoms with Gasteiger partial charge in [0.25, 0.3) is 0 Å². The molecule has 2 aromatic heterocycles. The topological polar surface area (TPSA) is 79.9 Å². The molecule has 7 heteroatoms. The number of rotatable bonds is 4. The van der Waals surface area contributed by atoms with Gasteiger partial charge in [0, 0.05) is 29.1 Å². The zero-order valence-electron chi connectivity index (χ0n) is 16.3. The van der Waals surface area contributed by atoms with E-state index in [0.29, 0.717) is 30.6 Å². The number of pyridine rings is 1. The van der Waals surface area contributed by atoms with Gasteiger partial charge in [0.2, 0.25) is 5.95 Å². The van der Waals surface area contributed by atoms with Gasteiger partial charge in [-0.1, -0.05) is 6.07 Å². The smallest absolute Gasteiger partial charge is 0.407 e. The standard InChI is InChI=1S/C22H21FN4O2/c1-13(2)29-22(28)26-16-9-18-17-8-14(11-24)6-7-19(17)27(20(18)10-16)12-15-4-3-5-21(23)25-15/h3-8,13,16H,9-10,12H2,1-2H3,(H,26,28)/t16-/m0/s1. The number of benzene rings is 1. The third kappa shape index (κ3) is 3.79. The number of nitriles is 1. The number of fused-ring (bicyclic) bond motifs is 3. The van der Waals surface area contributed by atoms with Gasteiger partial charge >= 0.3 is 6.09 Å². The third-order valence-corrected chi connectivity index (χ3v) is 5.06. The first-order chi connectivity index (χ1) is 13.9. The van der Waals surface area contributed by atoms with Gasteiger partial charge in [0.15, 0.2) is 0 Å². The summed E-state index contributed by atoms with van der Waals surface area (Å²) in [6.07, 6.45) is 0.660. The van der Waals surface area contributed by atoms with Crippen molar-refractivity contribution in [2.75, 3.05) is 0 Å². The summed E-state index contributed by atoms with van der Waals surface area (Å²) in [5.41, 5.74) is 4.34. The number of halogens is 1. The van der Waals surface area contributed by atoms with Crippen LogP contribution in [0.1, 0.15) is 36.4 Å². The fraction of sp³-hybridized carbons (Fsp3) is 0.318. The molecule has 0 bridgehead atoms. The van der Waals surface area contributed by atoms with Crippen LogP contribution in [0, 0.1) is 17.3 Å². The van der Waals surface area contributed by atoms with Crippen molar-refractivity contribution in [2.45, 2.75) is 45.4 Å². The molecular formula is C22H21FN4O2. The van der Waals surface area contributed by atoms with Gasteiger partial charge in [0.1, 0.15) is 0 Å². The summed E-state index contributed by atoms with van der Waals surface area (Å²) < 4.78 is 20.9. The summed E-state index contributed by atoms with van der Waals surface area (Å²) in [5.74, 6) is -0.515. The van der Waals surface area contributed by atoms with E-state index >= 15 is 0 Å². The van der Waals surface area contributed by atoms with Crippen LogP contribution in [0.4, 0.5) is 9.18 Å². The Balaban J connectivity index is 1.70. The van der Waals surface area contributed by atoms with Crippen molar-refractivity contribution in [3.05, 3.63) is 64.9 Å². The number of ether oxygens (including phenoxy) is 1. The van der Waals surface area contributed by atoms with E-state index in [9.17, 15) is 14.4 Å². The SMILES string of the molecule is CC(C)OC(=O)N[C@H]1Cc2c(n(Cc3cccc(F)n3)c3ccc(C#N)cc23)C1. The second kappa shape index (κ2) is 7.55. The van der Waals surface area contributed by atoms with Crippen LogP contribution in [-0.2, 0) is 24.1 Å². The quantitative estimate of drug-likeness (QED) is 0.687. The number of nitrogens with zero attached hydrogens (tertiary/aromatic N) is 3. The first-order valence-corrected chi connectivity index (χ1v) is 9.57. The molecule has 0 unspecified atom stereocenters. The average molecular weight is 392 g/mol. The summed E-state index contributed by atoms with van der Waals surface area (Å²) in [6, 6.07) is 12.4. The van der Waals surface area contributed by atoms with Gasteiger partial charge in [-0.05, 0) is 56.2 Å². The highest BCUT2D eigenvalue weighted by Gasteiger charge is 2.30. The monoisotopic (exact) mass is 392 g/mol. The van der Waals surface area contributed by atoms with Crippen molar-refractivity contribution in [3.8, 4) is 6.07 Å². The predicted octanol–water partition coefficient (Wildman–Crippen LogP) is 3.70. The molecule has 0 spiro atoms. The summed E-state index contributed by atoms with van der Waals surface area (Å²) in [6.45, 7) is 4.03. The van der Waals surface area contributed by atoms with E-state index in [0.717, 1.165) is 22.2 Å². The van der Waals surface area contributed by atoms with Crippen molar-refractivity contribution in [1.82, 2.24) is 14.9 Å². The van der Waals surface area contributed by atoms with E-state index in [4.69, 9.17) is 4.74 Å². The molecule has 1 aliphatic carbocycles. The van der Waals surface area contributed by atoms with Gasteiger partial charge in [0.05, 0.1) is 30.0 Å². The average Bonchev–Trinajstić information content (AvgIpc) is 3.19. The van der Waals surface area contributed by atoms with Crippen molar-refractivity contribution in [3.63, 3.8) is 0 Å². The van der Waals surface area contributed by atoms with E-state index in [1.807, 2.05) is 12.1 Å². The minimum absolute atomic E-state index is 0.0897. The Labute approximate surface area is 167 Å². The highest BCUT2D eigenvalue weighted by molar-refractivity contribution is 5.88.